The Bertz CT molecular complexity index is 746. The average Bonchev–Trinajstić information content (AvgIpc) is 2.78. The summed E-state index contributed by atoms with van der Waals surface area (Å²) in [6, 6.07) is 0. The van der Waals surface area contributed by atoms with Crippen molar-refractivity contribution in [2.45, 2.75) is 33.6 Å². The first-order valence-corrected chi connectivity index (χ1v) is 6.98. The predicted molar refractivity (Wildman–Crippen MR) is 75.4 cm³/mol. The lowest BCUT2D eigenvalue weighted by Crippen LogP contribution is -2.28. The molecular weight excluding hydrogens is 270 g/mol. The van der Waals surface area contributed by atoms with Crippen LogP contribution in [0.2, 0.25) is 0 Å². The highest BCUT2D eigenvalue weighted by Crippen LogP contribution is 2.33. The van der Waals surface area contributed by atoms with Gasteiger partial charge >= 0.3 is 5.97 Å². The Morgan fingerprint density at radius 2 is 2.10 bits per heavy atom. The van der Waals surface area contributed by atoms with E-state index in [1.54, 1.807) is 23.7 Å². The van der Waals surface area contributed by atoms with Crippen LogP contribution in [-0.2, 0) is 11.2 Å². The van der Waals surface area contributed by atoms with Gasteiger partial charge in [-0.05, 0) is 18.8 Å². The molecule has 0 fully saturated rings. The van der Waals surface area contributed by atoms with Gasteiger partial charge < -0.3 is 4.74 Å². The smallest absolute Gasteiger partial charge is 0.358 e. The standard InChI is InChI=1S/C15H17N3O3/c1-4-21-13(20)11-8-18-7-9-10(16-14(18)17-11)5-15(2,3)6-12(9)19/h7-8H,4-6H2,1-3H3. The van der Waals surface area contributed by atoms with Crippen LogP contribution in [0.25, 0.3) is 5.78 Å². The minimum Gasteiger partial charge on any atom is -0.461 e. The third-order valence-corrected chi connectivity index (χ3v) is 3.60. The van der Waals surface area contributed by atoms with E-state index in [0.717, 1.165) is 12.1 Å². The lowest BCUT2D eigenvalue weighted by Gasteiger charge is -2.29. The van der Waals surface area contributed by atoms with Gasteiger partial charge in [-0.3, -0.25) is 9.20 Å². The van der Waals surface area contributed by atoms with Gasteiger partial charge in [-0.25, -0.2) is 14.8 Å². The van der Waals surface area contributed by atoms with Crippen LogP contribution in [0.3, 0.4) is 0 Å². The number of carbonyl (C=O) groups is 2. The zero-order valence-electron chi connectivity index (χ0n) is 12.3. The van der Waals surface area contributed by atoms with E-state index >= 15 is 0 Å². The molecule has 0 saturated carbocycles. The topological polar surface area (TPSA) is 73.6 Å². The monoisotopic (exact) mass is 287 g/mol. The number of hydrogen-bond acceptors (Lipinski definition) is 5. The lowest BCUT2D eigenvalue weighted by atomic mass is 9.76. The van der Waals surface area contributed by atoms with Gasteiger partial charge in [0, 0.05) is 18.8 Å². The zero-order chi connectivity index (χ0) is 15.2. The summed E-state index contributed by atoms with van der Waals surface area (Å²) >= 11 is 0. The lowest BCUT2D eigenvalue weighted by molar-refractivity contribution is 0.0520. The Morgan fingerprint density at radius 3 is 2.81 bits per heavy atom. The predicted octanol–water partition coefficient (Wildman–Crippen LogP) is 2.06. The van der Waals surface area contributed by atoms with Gasteiger partial charge in [-0.2, -0.15) is 0 Å². The molecular formula is C15H17N3O3. The van der Waals surface area contributed by atoms with E-state index in [1.807, 2.05) is 0 Å². The second-order valence-electron chi connectivity index (χ2n) is 6.10. The van der Waals surface area contributed by atoms with Crippen molar-refractivity contribution in [1.29, 1.82) is 0 Å². The molecule has 6 nitrogen and oxygen atoms in total. The van der Waals surface area contributed by atoms with Gasteiger partial charge in [0.15, 0.2) is 11.5 Å². The molecule has 0 aromatic carbocycles. The molecule has 0 spiro atoms. The SMILES string of the molecule is CCOC(=O)c1cn2cc3c(nc2n1)CC(C)(C)CC3=O. The van der Waals surface area contributed by atoms with Crippen LogP contribution in [0.1, 0.15) is 53.7 Å². The number of ether oxygens (including phenoxy) is 1. The van der Waals surface area contributed by atoms with Crippen molar-refractivity contribution < 1.29 is 14.3 Å². The number of esters is 1. The third kappa shape index (κ3) is 2.41. The van der Waals surface area contributed by atoms with E-state index in [4.69, 9.17) is 4.74 Å². The fourth-order valence-corrected chi connectivity index (χ4v) is 2.67. The van der Waals surface area contributed by atoms with Crippen LogP contribution in [0.5, 0.6) is 0 Å². The molecule has 0 bridgehead atoms. The minimum atomic E-state index is -0.479. The van der Waals surface area contributed by atoms with Crippen LogP contribution in [-0.4, -0.2) is 32.7 Å². The number of hydrogen-bond donors (Lipinski definition) is 0. The maximum atomic E-state index is 12.2. The summed E-state index contributed by atoms with van der Waals surface area (Å²) in [6.07, 6.45) is 4.50. The quantitative estimate of drug-likeness (QED) is 0.790. The Labute approximate surface area is 122 Å². The molecule has 2 heterocycles. The molecule has 1 aliphatic rings. The van der Waals surface area contributed by atoms with Crippen LogP contribution >= 0.6 is 0 Å². The first kappa shape index (κ1) is 13.7. The highest BCUT2D eigenvalue weighted by Gasteiger charge is 2.32. The van der Waals surface area contributed by atoms with E-state index in [-0.39, 0.29) is 16.9 Å². The molecule has 2 aromatic rings. The zero-order valence-corrected chi connectivity index (χ0v) is 12.3. The highest BCUT2D eigenvalue weighted by molar-refractivity contribution is 5.98. The molecule has 0 amide bonds. The van der Waals surface area contributed by atoms with E-state index in [0.29, 0.717) is 24.4 Å². The molecule has 3 rings (SSSR count). The second kappa shape index (κ2) is 4.65. The first-order chi connectivity index (χ1) is 9.89. The van der Waals surface area contributed by atoms with E-state index in [2.05, 4.69) is 23.8 Å². The van der Waals surface area contributed by atoms with E-state index in [9.17, 15) is 9.59 Å². The van der Waals surface area contributed by atoms with Crippen molar-refractivity contribution in [3.05, 3.63) is 29.3 Å². The molecule has 2 aromatic heterocycles. The summed E-state index contributed by atoms with van der Waals surface area (Å²) in [5.41, 5.74) is 1.49. The Kier molecular flexibility index (Phi) is 3.04. The summed E-state index contributed by atoms with van der Waals surface area (Å²) in [4.78, 5) is 32.6. The van der Waals surface area contributed by atoms with Crippen LogP contribution in [0.4, 0.5) is 0 Å². The molecule has 0 N–H and O–H groups in total. The molecule has 0 aliphatic heterocycles. The number of ketones is 1. The van der Waals surface area contributed by atoms with Crippen LogP contribution in [0, 0.1) is 5.41 Å². The van der Waals surface area contributed by atoms with E-state index in [1.165, 1.54) is 0 Å². The van der Waals surface area contributed by atoms with Crippen molar-refractivity contribution in [3.63, 3.8) is 0 Å². The van der Waals surface area contributed by atoms with Gasteiger partial charge in [0.25, 0.3) is 0 Å². The average molecular weight is 287 g/mol. The van der Waals surface area contributed by atoms with Gasteiger partial charge in [-0.15, -0.1) is 0 Å². The normalized spacial score (nSPS) is 16.8. The second-order valence-corrected chi connectivity index (χ2v) is 6.10. The van der Waals surface area contributed by atoms with Crippen LogP contribution < -0.4 is 0 Å². The minimum absolute atomic E-state index is 0.0852. The number of Topliss-reactive ketones (excluding diaryl/α,β-unsaturated/α-hetero) is 1. The molecule has 0 atom stereocenters. The molecule has 0 radical (unpaired) electrons. The summed E-state index contributed by atoms with van der Waals surface area (Å²) in [6.45, 7) is 6.14. The number of rotatable bonds is 2. The number of aromatic nitrogens is 3. The molecule has 6 heteroatoms. The number of nitrogens with zero attached hydrogens (tertiary/aromatic N) is 3. The largest absolute Gasteiger partial charge is 0.461 e. The summed E-state index contributed by atoms with van der Waals surface area (Å²) in [5, 5.41) is 0. The Balaban J connectivity index is 2.08. The molecule has 0 saturated heterocycles. The maximum Gasteiger partial charge on any atom is 0.358 e. The number of fused-ring (bicyclic) bond motifs is 2. The van der Waals surface area contributed by atoms with Crippen LogP contribution in [0.15, 0.2) is 12.4 Å². The number of imidazole rings is 1. The maximum absolute atomic E-state index is 12.2. The summed E-state index contributed by atoms with van der Waals surface area (Å²) < 4.78 is 6.54. The van der Waals surface area contributed by atoms with Crippen molar-refractivity contribution in [3.8, 4) is 0 Å². The van der Waals surface area contributed by atoms with Gasteiger partial charge in [-0.1, -0.05) is 13.8 Å². The molecule has 110 valence electrons. The van der Waals surface area contributed by atoms with Crippen molar-refractivity contribution in [1.82, 2.24) is 14.4 Å². The third-order valence-electron chi connectivity index (χ3n) is 3.60. The Hall–Kier alpha value is -2.24. The fourth-order valence-electron chi connectivity index (χ4n) is 2.67. The molecule has 0 unspecified atom stereocenters. The van der Waals surface area contributed by atoms with Crippen molar-refractivity contribution in [2.24, 2.45) is 5.41 Å². The summed E-state index contributed by atoms with van der Waals surface area (Å²) in [7, 11) is 0. The highest BCUT2D eigenvalue weighted by atomic mass is 16.5. The van der Waals surface area contributed by atoms with Crippen molar-refractivity contribution >= 4 is 17.5 Å². The van der Waals surface area contributed by atoms with Crippen molar-refractivity contribution in [2.75, 3.05) is 6.61 Å². The van der Waals surface area contributed by atoms with Gasteiger partial charge in [0.1, 0.15) is 0 Å². The van der Waals surface area contributed by atoms with Gasteiger partial charge in [0.2, 0.25) is 5.78 Å². The van der Waals surface area contributed by atoms with Gasteiger partial charge in [0.05, 0.1) is 17.9 Å². The molecule has 21 heavy (non-hydrogen) atoms. The first-order valence-electron chi connectivity index (χ1n) is 6.98. The van der Waals surface area contributed by atoms with E-state index < -0.39 is 5.97 Å². The fraction of sp³-hybridized carbons (Fsp3) is 0.467. The molecule has 1 aliphatic carbocycles. The summed E-state index contributed by atoms with van der Waals surface area (Å²) in [5.74, 6) is 0.0250. The Morgan fingerprint density at radius 1 is 1.33 bits per heavy atom. The number of carbonyl (C=O) groups excluding carboxylic acids is 2.